The molecule has 184 valence electrons. The van der Waals surface area contributed by atoms with Crippen LogP contribution in [-0.4, -0.2) is 53.3 Å². The first-order valence-corrected chi connectivity index (χ1v) is 12.3. The van der Waals surface area contributed by atoms with Crippen LogP contribution in [0, 0.1) is 0 Å². The first kappa shape index (κ1) is 24.4. The van der Waals surface area contributed by atoms with Gasteiger partial charge in [-0.05, 0) is 37.5 Å². The third kappa shape index (κ3) is 5.37. The van der Waals surface area contributed by atoms with Gasteiger partial charge in [0.1, 0.15) is 18.1 Å². The molecular formula is C27H32N4O4. The molecule has 5 amide bonds. The summed E-state index contributed by atoms with van der Waals surface area (Å²) in [6.45, 7) is 1.89. The zero-order valence-electron chi connectivity index (χ0n) is 20.0. The average molecular weight is 477 g/mol. The van der Waals surface area contributed by atoms with Crippen molar-refractivity contribution in [3.63, 3.8) is 0 Å². The van der Waals surface area contributed by atoms with E-state index in [9.17, 15) is 19.2 Å². The lowest BCUT2D eigenvalue weighted by atomic mass is 9.82. The molecule has 1 atom stereocenters. The lowest BCUT2D eigenvalue weighted by Gasteiger charge is -2.30. The Morgan fingerprint density at radius 3 is 2.26 bits per heavy atom. The predicted molar refractivity (Wildman–Crippen MR) is 133 cm³/mol. The molecule has 1 aliphatic heterocycles. The first-order valence-electron chi connectivity index (χ1n) is 12.3. The molecule has 8 nitrogen and oxygen atoms in total. The van der Waals surface area contributed by atoms with Gasteiger partial charge in [0.15, 0.2) is 0 Å². The van der Waals surface area contributed by atoms with Crippen molar-refractivity contribution in [1.82, 2.24) is 15.5 Å². The number of hydrogen-bond acceptors (Lipinski definition) is 4. The Morgan fingerprint density at radius 1 is 1.00 bits per heavy atom. The maximum absolute atomic E-state index is 13.6. The highest BCUT2D eigenvalue weighted by molar-refractivity contribution is 6.09. The second-order valence-electron chi connectivity index (χ2n) is 9.19. The molecule has 4 rings (SSSR count). The summed E-state index contributed by atoms with van der Waals surface area (Å²) < 4.78 is 0. The highest BCUT2D eigenvalue weighted by Crippen LogP contribution is 2.33. The number of imide groups is 1. The third-order valence-corrected chi connectivity index (χ3v) is 6.82. The summed E-state index contributed by atoms with van der Waals surface area (Å²) in [4.78, 5) is 54.9. The smallest absolute Gasteiger partial charge is 0.325 e. The molecule has 1 spiro atoms. The van der Waals surface area contributed by atoms with Crippen molar-refractivity contribution in [3.8, 4) is 0 Å². The molecule has 2 fully saturated rings. The minimum absolute atomic E-state index is 0.253. The second-order valence-corrected chi connectivity index (χ2v) is 9.19. The van der Waals surface area contributed by atoms with Crippen LogP contribution in [0.25, 0.3) is 0 Å². The van der Waals surface area contributed by atoms with Crippen molar-refractivity contribution in [3.05, 3.63) is 66.2 Å². The molecule has 0 radical (unpaired) electrons. The van der Waals surface area contributed by atoms with Crippen molar-refractivity contribution in [2.75, 3.05) is 18.0 Å². The Morgan fingerprint density at radius 2 is 1.63 bits per heavy atom. The van der Waals surface area contributed by atoms with Crippen molar-refractivity contribution in [1.29, 1.82) is 0 Å². The number of carbonyl (C=O) groups excluding carboxylic acids is 4. The molecule has 2 aromatic carbocycles. The Bertz CT molecular complexity index is 1070. The number of likely N-dealkylation sites (N-methyl/N-ethyl adjacent to an activating group) is 1. The minimum Gasteiger partial charge on any atom is -0.342 e. The minimum atomic E-state index is -0.888. The summed E-state index contributed by atoms with van der Waals surface area (Å²) >= 11 is 0. The Balaban J connectivity index is 1.50. The van der Waals surface area contributed by atoms with E-state index in [1.165, 1.54) is 0 Å². The van der Waals surface area contributed by atoms with Crippen LogP contribution >= 0.6 is 0 Å². The van der Waals surface area contributed by atoms with Gasteiger partial charge in [-0.3, -0.25) is 19.3 Å². The lowest BCUT2D eigenvalue weighted by Crippen LogP contribution is -2.53. The molecule has 2 aromatic rings. The summed E-state index contributed by atoms with van der Waals surface area (Å²) in [6.07, 6.45) is 4.24. The van der Waals surface area contributed by atoms with E-state index in [0.717, 1.165) is 35.4 Å². The summed E-state index contributed by atoms with van der Waals surface area (Å²) in [5, 5.41) is 5.63. The van der Waals surface area contributed by atoms with E-state index in [-0.39, 0.29) is 11.8 Å². The normalized spacial score (nSPS) is 17.7. The number of benzene rings is 2. The average Bonchev–Trinajstić information content (AvgIpc) is 3.09. The molecule has 2 aliphatic rings. The van der Waals surface area contributed by atoms with E-state index in [2.05, 4.69) is 10.6 Å². The Hall–Kier alpha value is -3.68. The predicted octanol–water partition coefficient (Wildman–Crippen LogP) is 3.02. The van der Waals surface area contributed by atoms with Crippen LogP contribution in [0.3, 0.4) is 0 Å². The number of rotatable bonds is 8. The van der Waals surface area contributed by atoms with E-state index in [4.69, 9.17) is 0 Å². The van der Waals surface area contributed by atoms with Crippen LogP contribution < -0.4 is 15.5 Å². The largest absolute Gasteiger partial charge is 0.342 e. The van der Waals surface area contributed by atoms with Crippen molar-refractivity contribution in [2.45, 2.75) is 57.0 Å². The third-order valence-electron chi connectivity index (χ3n) is 6.82. The van der Waals surface area contributed by atoms with Crippen molar-refractivity contribution < 1.29 is 19.2 Å². The van der Waals surface area contributed by atoms with E-state index >= 15 is 0 Å². The molecule has 1 saturated heterocycles. The molecule has 0 aromatic heterocycles. The van der Waals surface area contributed by atoms with Gasteiger partial charge < -0.3 is 15.5 Å². The summed E-state index contributed by atoms with van der Waals surface area (Å²) in [5.74, 6) is -1.14. The summed E-state index contributed by atoms with van der Waals surface area (Å²) in [6, 6.07) is 17.3. The standard InChI is InChI=1S/C27H32N4O4/c1-2-30(21-14-8-4-9-15-21)24(33)22(18-20-12-6-3-7-13-20)28-23(32)19-31-25(34)27(29-26(31)35)16-10-5-11-17-27/h3-4,6-9,12-15,22H,2,5,10-11,16-19H2,1H3,(H,28,32)(H,29,35)/t22-/m0/s1. The maximum atomic E-state index is 13.6. The fourth-order valence-electron chi connectivity index (χ4n) is 5.01. The van der Waals surface area contributed by atoms with Gasteiger partial charge >= 0.3 is 6.03 Å². The van der Waals surface area contributed by atoms with Crippen molar-refractivity contribution in [2.24, 2.45) is 0 Å². The van der Waals surface area contributed by atoms with E-state index in [0.29, 0.717) is 25.8 Å². The van der Waals surface area contributed by atoms with Crippen LogP contribution in [0.2, 0.25) is 0 Å². The van der Waals surface area contributed by atoms with Crippen LogP contribution in [0.1, 0.15) is 44.6 Å². The van der Waals surface area contributed by atoms with E-state index in [1.54, 1.807) is 4.90 Å². The molecule has 2 N–H and O–H groups in total. The number of amides is 5. The Labute approximate surface area is 205 Å². The summed E-state index contributed by atoms with van der Waals surface area (Å²) in [7, 11) is 0. The van der Waals surface area contributed by atoms with Crippen LogP contribution in [0.5, 0.6) is 0 Å². The molecule has 1 saturated carbocycles. The SMILES string of the molecule is CCN(C(=O)[C@H](Cc1ccccc1)NC(=O)CN1C(=O)NC2(CCCCC2)C1=O)c1ccccc1. The summed E-state index contributed by atoms with van der Waals surface area (Å²) in [5.41, 5.74) is 0.744. The molecule has 35 heavy (non-hydrogen) atoms. The molecule has 0 bridgehead atoms. The fourth-order valence-corrected chi connectivity index (χ4v) is 5.01. The van der Waals surface area contributed by atoms with Gasteiger partial charge in [-0.1, -0.05) is 67.8 Å². The van der Waals surface area contributed by atoms with Gasteiger partial charge in [0, 0.05) is 18.7 Å². The van der Waals surface area contributed by atoms with Crippen LogP contribution in [0.15, 0.2) is 60.7 Å². The molecule has 0 unspecified atom stereocenters. The number of carbonyl (C=O) groups is 4. The zero-order valence-corrected chi connectivity index (χ0v) is 20.0. The number of para-hydroxylation sites is 1. The zero-order chi connectivity index (χ0) is 24.8. The number of nitrogens with one attached hydrogen (secondary N) is 2. The van der Waals surface area contributed by atoms with E-state index in [1.807, 2.05) is 67.6 Å². The Kier molecular flexibility index (Phi) is 7.48. The topological polar surface area (TPSA) is 98.8 Å². The lowest BCUT2D eigenvalue weighted by molar-refractivity contribution is -0.136. The van der Waals surface area contributed by atoms with Gasteiger partial charge in [0.05, 0.1) is 0 Å². The van der Waals surface area contributed by atoms with Gasteiger partial charge in [-0.2, -0.15) is 0 Å². The second kappa shape index (κ2) is 10.7. The number of anilines is 1. The monoisotopic (exact) mass is 476 g/mol. The van der Waals surface area contributed by atoms with Crippen LogP contribution in [-0.2, 0) is 20.8 Å². The fraction of sp³-hybridized carbons (Fsp3) is 0.407. The molecule has 8 heteroatoms. The van der Waals surface area contributed by atoms with Crippen molar-refractivity contribution >= 4 is 29.4 Å². The highest BCUT2D eigenvalue weighted by atomic mass is 16.2. The van der Waals surface area contributed by atoms with E-state index < -0.39 is 30.1 Å². The molecule has 1 heterocycles. The number of hydrogen-bond donors (Lipinski definition) is 2. The van der Waals surface area contributed by atoms with Gasteiger partial charge in [0.2, 0.25) is 11.8 Å². The van der Waals surface area contributed by atoms with Gasteiger partial charge in [-0.15, -0.1) is 0 Å². The van der Waals surface area contributed by atoms with Crippen LogP contribution in [0.4, 0.5) is 10.5 Å². The maximum Gasteiger partial charge on any atom is 0.325 e. The molecular weight excluding hydrogens is 444 g/mol. The quantitative estimate of drug-likeness (QED) is 0.572. The number of nitrogens with zero attached hydrogens (tertiary/aromatic N) is 2. The van der Waals surface area contributed by atoms with Gasteiger partial charge in [-0.25, -0.2) is 4.79 Å². The highest BCUT2D eigenvalue weighted by Gasteiger charge is 2.51. The first-order chi connectivity index (χ1) is 16.9. The van der Waals surface area contributed by atoms with Gasteiger partial charge in [0.25, 0.3) is 5.91 Å². The molecule has 1 aliphatic carbocycles. The number of urea groups is 1.